The first-order valence-corrected chi connectivity index (χ1v) is 6.40. The molecule has 0 aromatic carbocycles. The van der Waals surface area contributed by atoms with Crippen LogP contribution in [0.2, 0.25) is 0 Å². The third kappa shape index (κ3) is 1.35. The highest BCUT2D eigenvalue weighted by atomic mass is 16.6. The molecule has 1 saturated heterocycles. The number of rotatable bonds is 0. The first kappa shape index (κ1) is 11.9. The van der Waals surface area contributed by atoms with Crippen LogP contribution in [0.5, 0.6) is 0 Å². The van der Waals surface area contributed by atoms with Crippen molar-refractivity contribution in [1.29, 1.82) is 0 Å². The number of carbonyl (C=O) groups excluding carboxylic acids is 2. The van der Waals surface area contributed by atoms with Crippen molar-refractivity contribution in [2.45, 2.75) is 38.9 Å². The third-order valence-electron chi connectivity index (χ3n) is 4.72. The number of aliphatic hydroxyl groups is 1. The Morgan fingerprint density at radius 3 is 2.67 bits per heavy atom. The largest absolute Gasteiger partial charge is 0.461 e. The quantitative estimate of drug-likeness (QED) is 0.516. The fourth-order valence-electron chi connectivity index (χ4n) is 3.81. The molecule has 1 saturated carbocycles. The Morgan fingerprint density at radius 2 is 2.00 bits per heavy atom. The summed E-state index contributed by atoms with van der Waals surface area (Å²) >= 11 is 0. The highest BCUT2D eigenvalue weighted by molar-refractivity contribution is 5.94. The molecule has 0 spiro atoms. The fourth-order valence-corrected chi connectivity index (χ4v) is 3.81. The number of ether oxygens (including phenoxy) is 1. The minimum absolute atomic E-state index is 0.106. The second-order valence-corrected chi connectivity index (χ2v) is 6.63. The second kappa shape index (κ2) is 3.23. The van der Waals surface area contributed by atoms with Gasteiger partial charge in [-0.15, -0.1) is 0 Å². The molecule has 5 atom stereocenters. The number of hydrogen-bond donors (Lipinski definition) is 1. The molecule has 2 fully saturated rings. The zero-order valence-corrected chi connectivity index (χ0v) is 10.8. The molecule has 2 aliphatic carbocycles. The lowest BCUT2D eigenvalue weighted by Crippen LogP contribution is -2.39. The van der Waals surface area contributed by atoms with Gasteiger partial charge in [0, 0.05) is 17.3 Å². The first-order valence-electron chi connectivity index (χ1n) is 6.40. The molecular formula is C14H18O4. The molecule has 0 unspecified atom stereocenters. The Balaban J connectivity index is 2.11. The van der Waals surface area contributed by atoms with Gasteiger partial charge in [0.1, 0.15) is 11.7 Å². The molecule has 1 N–H and O–H groups in total. The summed E-state index contributed by atoms with van der Waals surface area (Å²) in [5.41, 5.74) is -1.66. The van der Waals surface area contributed by atoms with Gasteiger partial charge in [-0.2, -0.15) is 0 Å². The van der Waals surface area contributed by atoms with Crippen molar-refractivity contribution < 1.29 is 19.4 Å². The number of ketones is 1. The van der Waals surface area contributed by atoms with Crippen LogP contribution in [-0.2, 0) is 14.3 Å². The lowest BCUT2D eigenvalue weighted by Gasteiger charge is -2.24. The molecule has 4 heteroatoms. The molecule has 0 bridgehead atoms. The molecule has 0 aromatic heterocycles. The second-order valence-electron chi connectivity index (χ2n) is 6.63. The van der Waals surface area contributed by atoms with Gasteiger partial charge >= 0.3 is 5.97 Å². The van der Waals surface area contributed by atoms with E-state index in [-0.39, 0.29) is 41.0 Å². The molecule has 1 aliphatic heterocycles. The van der Waals surface area contributed by atoms with Gasteiger partial charge in [0.15, 0.2) is 5.78 Å². The molecule has 3 rings (SSSR count). The SMILES string of the molecule is CC1(C)C[C@@H]2C(=O)[C@](C)(O)C=C[C@@H]3C(=O)O[C@H]1[C@@H]32. The van der Waals surface area contributed by atoms with Crippen LogP contribution in [0.4, 0.5) is 0 Å². The van der Waals surface area contributed by atoms with E-state index < -0.39 is 5.60 Å². The summed E-state index contributed by atoms with van der Waals surface area (Å²) in [6.07, 6.45) is 3.58. The molecule has 0 aromatic rings. The summed E-state index contributed by atoms with van der Waals surface area (Å²) in [5.74, 6) is -1.21. The standard InChI is InChI=1S/C14H18O4/c1-13(2)6-8-9-7(12(16)18-11(9)13)4-5-14(3,17)10(8)15/h4-5,7-9,11,17H,6H2,1-3H3/t7-,8-,9-,11-,14+/m0/s1. The van der Waals surface area contributed by atoms with Gasteiger partial charge in [-0.1, -0.05) is 19.9 Å². The fraction of sp³-hybridized carbons (Fsp3) is 0.714. The van der Waals surface area contributed by atoms with E-state index in [4.69, 9.17) is 4.74 Å². The van der Waals surface area contributed by atoms with Crippen molar-refractivity contribution in [1.82, 2.24) is 0 Å². The topological polar surface area (TPSA) is 63.6 Å². The maximum Gasteiger partial charge on any atom is 0.313 e. The van der Waals surface area contributed by atoms with Crippen LogP contribution in [0, 0.1) is 23.2 Å². The van der Waals surface area contributed by atoms with E-state index in [0.29, 0.717) is 6.42 Å². The van der Waals surface area contributed by atoms with Crippen LogP contribution < -0.4 is 0 Å². The van der Waals surface area contributed by atoms with Crippen LogP contribution in [0.15, 0.2) is 12.2 Å². The summed E-state index contributed by atoms with van der Waals surface area (Å²) in [5, 5.41) is 10.2. The van der Waals surface area contributed by atoms with Crippen LogP contribution in [0.3, 0.4) is 0 Å². The zero-order valence-electron chi connectivity index (χ0n) is 10.8. The highest BCUT2D eigenvalue weighted by Gasteiger charge is 2.63. The lowest BCUT2D eigenvalue weighted by molar-refractivity contribution is -0.146. The summed E-state index contributed by atoms with van der Waals surface area (Å²) < 4.78 is 5.46. The predicted octanol–water partition coefficient (Wildman–Crippen LogP) is 1.08. The van der Waals surface area contributed by atoms with Crippen molar-refractivity contribution in [3.8, 4) is 0 Å². The minimum atomic E-state index is -1.46. The maximum atomic E-state index is 12.4. The average Bonchev–Trinajstić information content (AvgIpc) is 2.68. The molecule has 0 amide bonds. The number of esters is 1. The van der Waals surface area contributed by atoms with E-state index in [2.05, 4.69) is 0 Å². The minimum Gasteiger partial charge on any atom is -0.461 e. The van der Waals surface area contributed by atoms with E-state index in [0.717, 1.165) is 0 Å². The summed E-state index contributed by atoms with van der Waals surface area (Å²) in [6.45, 7) is 5.54. The molecule has 98 valence electrons. The monoisotopic (exact) mass is 250 g/mol. The van der Waals surface area contributed by atoms with E-state index in [1.165, 1.54) is 13.0 Å². The van der Waals surface area contributed by atoms with Crippen LogP contribution in [0.25, 0.3) is 0 Å². The van der Waals surface area contributed by atoms with E-state index in [9.17, 15) is 14.7 Å². The molecule has 0 radical (unpaired) electrons. The summed E-state index contributed by atoms with van der Waals surface area (Å²) in [7, 11) is 0. The number of carbonyl (C=O) groups is 2. The lowest BCUT2D eigenvalue weighted by atomic mass is 9.81. The highest BCUT2D eigenvalue weighted by Crippen LogP contribution is 2.56. The van der Waals surface area contributed by atoms with Crippen molar-refractivity contribution in [2.75, 3.05) is 0 Å². The molecular weight excluding hydrogens is 232 g/mol. The van der Waals surface area contributed by atoms with Gasteiger partial charge in [0.25, 0.3) is 0 Å². The average molecular weight is 250 g/mol. The summed E-state index contributed by atoms with van der Waals surface area (Å²) in [6, 6.07) is 0. The van der Waals surface area contributed by atoms with Crippen molar-refractivity contribution in [3.63, 3.8) is 0 Å². The zero-order chi connectivity index (χ0) is 13.3. The van der Waals surface area contributed by atoms with Gasteiger partial charge < -0.3 is 9.84 Å². The van der Waals surface area contributed by atoms with Crippen LogP contribution in [0.1, 0.15) is 27.2 Å². The Labute approximate surface area is 106 Å². The Hall–Kier alpha value is -1.16. The number of hydrogen-bond acceptors (Lipinski definition) is 4. The Bertz CT molecular complexity index is 460. The maximum absolute atomic E-state index is 12.4. The number of Topliss-reactive ketones (excluding diaryl/α,β-unsaturated/α-hetero) is 1. The smallest absolute Gasteiger partial charge is 0.313 e. The molecule has 1 heterocycles. The normalized spacial score (nSPS) is 48.9. The van der Waals surface area contributed by atoms with E-state index in [1.807, 2.05) is 13.8 Å². The molecule has 18 heavy (non-hydrogen) atoms. The molecule has 4 nitrogen and oxygen atoms in total. The third-order valence-corrected chi connectivity index (χ3v) is 4.72. The van der Waals surface area contributed by atoms with Gasteiger partial charge in [0.05, 0.1) is 5.92 Å². The van der Waals surface area contributed by atoms with Gasteiger partial charge in [-0.25, -0.2) is 0 Å². The Morgan fingerprint density at radius 1 is 1.33 bits per heavy atom. The van der Waals surface area contributed by atoms with Crippen molar-refractivity contribution in [3.05, 3.63) is 12.2 Å². The molecule has 3 aliphatic rings. The van der Waals surface area contributed by atoms with Crippen LogP contribution in [-0.4, -0.2) is 28.6 Å². The van der Waals surface area contributed by atoms with Crippen molar-refractivity contribution in [2.24, 2.45) is 23.2 Å². The van der Waals surface area contributed by atoms with Gasteiger partial charge in [-0.3, -0.25) is 9.59 Å². The Kier molecular flexibility index (Phi) is 2.14. The van der Waals surface area contributed by atoms with Crippen molar-refractivity contribution >= 4 is 11.8 Å². The van der Waals surface area contributed by atoms with Gasteiger partial charge in [0.2, 0.25) is 0 Å². The van der Waals surface area contributed by atoms with E-state index in [1.54, 1.807) is 6.08 Å². The summed E-state index contributed by atoms with van der Waals surface area (Å²) in [4.78, 5) is 24.3. The van der Waals surface area contributed by atoms with Crippen LogP contribution >= 0.6 is 0 Å². The van der Waals surface area contributed by atoms with Gasteiger partial charge in [-0.05, 0) is 19.4 Å². The first-order chi connectivity index (χ1) is 8.24. The van der Waals surface area contributed by atoms with E-state index >= 15 is 0 Å². The predicted molar refractivity (Wildman–Crippen MR) is 63.5 cm³/mol.